The highest BCUT2D eigenvalue weighted by atomic mass is 16.5. The van der Waals surface area contributed by atoms with E-state index in [0.29, 0.717) is 25.6 Å². The second-order valence-corrected chi connectivity index (χ2v) is 7.57. The lowest BCUT2D eigenvalue weighted by Gasteiger charge is -2.30. The molecule has 2 aromatic rings. The molecule has 4 nitrogen and oxygen atoms in total. The molecule has 0 saturated heterocycles. The van der Waals surface area contributed by atoms with Crippen molar-refractivity contribution in [3.8, 4) is 5.75 Å². The largest absolute Gasteiger partial charge is 0.493 e. The lowest BCUT2D eigenvalue weighted by molar-refractivity contribution is -0.140. The molecule has 27 heavy (non-hydrogen) atoms. The minimum absolute atomic E-state index is 0.108. The van der Waals surface area contributed by atoms with Crippen molar-refractivity contribution in [1.82, 2.24) is 0 Å². The maximum absolute atomic E-state index is 13.0. The molecule has 0 radical (unpaired) electrons. The van der Waals surface area contributed by atoms with E-state index in [1.54, 1.807) is 0 Å². The molecule has 0 aliphatic carbocycles. The zero-order valence-electron chi connectivity index (χ0n) is 17.3. The SMILES string of the molecule is CCCCOc1ccc(NC(=O)[C@@](C)(CC(C)C)OCC)c2ccccc12. The summed E-state index contributed by atoms with van der Waals surface area (Å²) < 4.78 is 11.8. The first-order valence-corrected chi connectivity index (χ1v) is 10.0. The average molecular weight is 372 g/mol. The summed E-state index contributed by atoms with van der Waals surface area (Å²) in [5, 5.41) is 5.07. The summed E-state index contributed by atoms with van der Waals surface area (Å²) in [5.74, 6) is 1.10. The van der Waals surface area contributed by atoms with Crippen LogP contribution in [0, 0.1) is 5.92 Å². The number of nitrogens with one attached hydrogen (secondary N) is 1. The molecule has 2 rings (SSSR count). The second kappa shape index (κ2) is 9.75. The second-order valence-electron chi connectivity index (χ2n) is 7.57. The lowest BCUT2D eigenvalue weighted by Crippen LogP contribution is -2.44. The molecule has 4 heteroatoms. The Morgan fingerprint density at radius 3 is 2.44 bits per heavy atom. The molecule has 1 amide bonds. The zero-order valence-corrected chi connectivity index (χ0v) is 17.3. The minimum atomic E-state index is -0.847. The van der Waals surface area contributed by atoms with Crippen molar-refractivity contribution in [3.05, 3.63) is 36.4 Å². The summed E-state index contributed by atoms with van der Waals surface area (Å²) >= 11 is 0. The number of fused-ring (bicyclic) bond motifs is 1. The molecule has 1 atom stereocenters. The fourth-order valence-corrected chi connectivity index (χ4v) is 3.40. The predicted octanol–water partition coefficient (Wildman–Crippen LogP) is 5.80. The third kappa shape index (κ3) is 5.46. The van der Waals surface area contributed by atoms with Gasteiger partial charge in [-0.15, -0.1) is 0 Å². The summed E-state index contributed by atoms with van der Waals surface area (Å²) in [6.45, 7) is 11.3. The van der Waals surface area contributed by atoms with Gasteiger partial charge in [-0.1, -0.05) is 51.5 Å². The van der Waals surface area contributed by atoms with Crippen molar-refractivity contribution in [2.24, 2.45) is 5.92 Å². The molecule has 2 aromatic carbocycles. The van der Waals surface area contributed by atoms with Crippen LogP contribution in [-0.2, 0) is 9.53 Å². The van der Waals surface area contributed by atoms with Crippen LogP contribution in [0.15, 0.2) is 36.4 Å². The Kier molecular flexibility index (Phi) is 7.66. The molecule has 0 saturated carbocycles. The standard InChI is InChI=1S/C23H33NO3/c1-6-8-15-26-21-14-13-20(18-11-9-10-12-19(18)21)24-22(25)23(5,27-7-2)16-17(3)4/h9-14,17H,6-8,15-16H2,1-5H3,(H,24,25)/t23-/m1/s1. The number of hydrogen-bond acceptors (Lipinski definition) is 3. The van der Waals surface area contributed by atoms with Crippen LogP contribution >= 0.6 is 0 Å². The van der Waals surface area contributed by atoms with E-state index >= 15 is 0 Å². The Balaban J connectivity index is 2.30. The van der Waals surface area contributed by atoms with Crippen molar-refractivity contribution < 1.29 is 14.3 Å². The van der Waals surface area contributed by atoms with Crippen molar-refractivity contribution in [1.29, 1.82) is 0 Å². The first-order valence-electron chi connectivity index (χ1n) is 10.0. The highest BCUT2D eigenvalue weighted by Gasteiger charge is 2.35. The van der Waals surface area contributed by atoms with Crippen molar-refractivity contribution >= 4 is 22.4 Å². The fraction of sp³-hybridized carbons (Fsp3) is 0.522. The van der Waals surface area contributed by atoms with Crippen LogP contribution in [0.2, 0.25) is 0 Å². The average Bonchev–Trinajstić information content (AvgIpc) is 2.63. The van der Waals surface area contributed by atoms with Gasteiger partial charge in [0.15, 0.2) is 0 Å². The van der Waals surface area contributed by atoms with Crippen LogP contribution in [0.25, 0.3) is 10.8 Å². The van der Waals surface area contributed by atoms with Gasteiger partial charge < -0.3 is 14.8 Å². The van der Waals surface area contributed by atoms with Gasteiger partial charge in [-0.25, -0.2) is 0 Å². The predicted molar refractivity (Wildman–Crippen MR) is 112 cm³/mol. The first-order chi connectivity index (χ1) is 12.9. The Bertz CT molecular complexity index is 756. The molecule has 0 heterocycles. The van der Waals surface area contributed by atoms with Crippen LogP contribution in [0.4, 0.5) is 5.69 Å². The van der Waals surface area contributed by atoms with Gasteiger partial charge in [0.05, 0.1) is 6.61 Å². The van der Waals surface area contributed by atoms with Crippen LogP contribution < -0.4 is 10.1 Å². The third-order valence-electron chi connectivity index (χ3n) is 4.63. The molecule has 0 bridgehead atoms. The third-order valence-corrected chi connectivity index (χ3v) is 4.63. The Labute approximate surface area is 163 Å². The number of ether oxygens (including phenoxy) is 2. The molecule has 0 aliphatic heterocycles. The van der Waals surface area contributed by atoms with E-state index < -0.39 is 5.60 Å². The smallest absolute Gasteiger partial charge is 0.256 e. The van der Waals surface area contributed by atoms with E-state index in [0.717, 1.165) is 35.1 Å². The number of rotatable bonds is 10. The van der Waals surface area contributed by atoms with Gasteiger partial charge >= 0.3 is 0 Å². The van der Waals surface area contributed by atoms with Gasteiger partial charge in [-0.3, -0.25) is 4.79 Å². The van der Waals surface area contributed by atoms with Gasteiger partial charge in [-0.05, 0) is 44.7 Å². The molecule has 0 fully saturated rings. The number of amides is 1. The van der Waals surface area contributed by atoms with Gasteiger partial charge in [0, 0.05) is 23.1 Å². The molecular weight excluding hydrogens is 338 g/mol. The van der Waals surface area contributed by atoms with E-state index in [2.05, 4.69) is 26.1 Å². The van der Waals surface area contributed by atoms with Gasteiger partial charge in [-0.2, -0.15) is 0 Å². The Hall–Kier alpha value is -2.07. The summed E-state index contributed by atoms with van der Waals surface area (Å²) in [5.41, 5.74) is -0.0616. The highest BCUT2D eigenvalue weighted by molar-refractivity contribution is 6.06. The normalized spacial score (nSPS) is 13.6. The number of unbranched alkanes of at least 4 members (excludes halogenated alkanes) is 1. The monoisotopic (exact) mass is 371 g/mol. The van der Waals surface area contributed by atoms with Crippen LogP contribution in [0.3, 0.4) is 0 Å². The van der Waals surface area contributed by atoms with Gasteiger partial charge in [0.1, 0.15) is 11.4 Å². The summed E-state index contributed by atoms with van der Waals surface area (Å²) in [6.07, 6.45) is 2.79. The number of hydrogen-bond donors (Lipinski definition) is 1. The van der Waals surface area contributed by atoms with Crippen molar-refractivity contribution in [2.45, 2.75) is 59.5 Å². The summed E-state index contributed by atoms with van der Waals surface area (Å²) in [6, 6.07) is 11.9. The summed E-state index contributed by atoms with van der Waals surface area (Å²) in [4.78, 5) is 13.0. The van der Waals surface area contributed by atoms with E-state index in [1.807, 2.05) is 50.2 Å². The van der Waals surface area contributed by atoms with E-state index in [1.165, 1.54) is 0 Å². The maximum Gasteiger partial charge on any atom is 0.256 e. The lowest BCUT2D eigenvalue weighted by atomic mass is 9.92. The summed E-state index contributed by atoms with van der Waals surface area (Å²) in [7, 11) is 0. The number of benzene rings is 2. The fourth-order valence-electron chi connectivity index (χ4n) is 3.40. The number of carbonyl (C=O) groups excluding carboxylic acids is 1. The molecular formula is C23H33NO3. The number of carbonyl (C=O) groups is 1. The van der Waals surface area contributed by atoms with E-state index in [9.17, 15) is 4.79 Å². The molecule has 0 unspecified atom stereocenters. The molecule has 0 aliphatic rings. The van der Waals surface area contributed by atoms with Crippen LogP contribution in [0.1, 0.15) is 53.9 Å². The minimum Gasteiger partial charge on any atom is -0.493 e. The zero-order chi connectivity index (χ0) is 19.9. The van der Waals surface area contributed by atoms with Crippen LogP contribution in [-0.4, -0.2) is 24.7 Å². The Morgan fingerprint density at radius 1 is 1.11 bits per heavy atom. The molecule has 0 spiro atoms. The van der Waals surface area contributed by atoms with E-state index in [4.69, 9.17) is 9.47 Å². The maximum atomic E-state index is 13.0. The Morgan fingerprint density at radius 2 is 1.81 bits per heavy atom. The molecule has 0 aromatic heterocycles. The van der Waals surface area contributed by atoms with Gasteiger partial charge in [0.2, 0.25) is 0 Å². The van der Waals surface area contributed by atoms with Gasteiger partial charge in [0.25, 0.3) is 5.91 Å². The number of anilines is 1. The van der Waals surface area contributed by atoms with Crippen molar-refractivity contribution in [3.63, 3.8) is 0 Å². The molecule has 148 valence electrons. The van der Waals surface area contributed by atoms with Crippen LogP contribution in [0.5, 0.6) is 5.75 Å². The van der Waals surface area contributed by atoms with E-state index in [-0.39, 0.29) is 5.91 Å². The quantitative estimate of drug-likeness (QED) is 0.537. The molecule has 1 N–H and O–H groups in total. The first kappa shape index (κ1) is 21.2. The highest BCUT2D eigenvalue weighted by Crippen LogP contribution is 2.33. The topological polar surface area (TPSA) is 47.6 Å². The van der Waals surface area contributed by atoms with Crippen molar-refractivity contribution in [2.75, 3.05) is 18.5 Å².